The number of hydrogen-bond acceptors (Lipinski definition) is 3. The van der Waals surface area contributed by atoms with E-state index in [0.717, 1.165) is 50.1 Å². The molecule has 1 unspecified atom stereocenters. The van der Waals surface area contributed by atoms with Gasteiger partial charge >= 0.3 is 0 Å². The van der Waals surface area contributed by atoms with Crippen molar-refractivity contribution < 1.29 is 10.2 Å². The van der Waals surface area contributed by atoms with Crippen LogP contribution in [-0.2, 0) is 0 Å². The summed E-state index contributed by atoms with van der Waals surface area (Å²) in [6, 6.07) is 5.75. The van der Waals surface area contributed by atoms with Gasteiger partial charge in [-0.1, -0.05) is 30.6 Å². The zero-order valence-electron chi connectivity index (χ0n) is 16.8. The number of aliphatic hydroxyl groups excluding tert-OH is 1. The van der Waals surface area contributed by atoms with Crippen LogP contribution < -0.4 is 0 Å². The highest BCUT2D eigenvalue weighted by atomic mass is 16.3. The summed E-state index contributed by atoms with van der Waals surface area (Å²) in [4.78, 5) is 4.30. The van der Waals surface area contributed by atoms with E-state index in [1.165, 1.54) is 18.4 Å². The normalized spacial score (nSPS) is 44.4. The van der Waals surface area contributed by atoms with Crippen LogP contribution >= 0.6 is 0 Å². The molecule has 0 saturated heterocycles. The summed E-state index contributed by atoms with van der Waals surface area (Å²) in [5.74, 6) is 9.08. The lowest BCUT2D eigenvalue weighted by atomic mass is 9.50. The number of nitrogens with zero attached hydrogens (tertiary/aromatic N) is 1. The van der Waals surface area contributed by atoms with E-state index in [0.29, 0.717) is 17.8 Å². The molecule has 4 aliphatic carbocycles. The first kappa shape index (κ1) is 18.4. The Bertz CT molecular complexity index is 837. The van der Waals surface area contributed by atoms with Crippen LogP contribution in [0.5, 0.6) is 0 Å². The minimum atomic E-state index is -0.904. The SMILES string of the molecule is C[C@]12CC[C@@H]3[C@@H](CCC4=CC(O)CC[C@@H]43)[C@H]1CC[C@@]2(O)C#Cc1ccccn1. The Labute approximate surface area is 168 Å². The number of pyridine rings is 1. The maximum absolute atomic E-state index is 11.6. The summed E-state index contributed by atoms with van der Waals surface area (Å²) in [5.41, 5.74) is 1.24. The number of fused-ring (bicyclic) bond motifs is 5. The molecule has 5 rings (SSSR count). The lowest BCUT2D eigenvalue weighted by Crippen LogP contribution is -2.52. The maximum atomic E-state index is 11.6. The van der Waals surface area contributed by atoms with E-state index < -0.39 is 5.60 Å². The predicted molar refractivity (Wildman–Crippen MR) is 109 cm³/mol. The van der Waals surface area contributed by atoms with Gasteiger partial charge < -0.3 is 10.2 Å². The average molecular weight is 378 g/mol. The molecule has 0 amide bonds. The zero-order valence-corrected chi connectivity index (χ0v) is 16.8. The van der Waals surface area contributed by atoms with Gasteiger partial charge in [0.05, 0.1) is 6.10 Å². The Morgan fingerprint density at radius 1 is 1.07 bits per heavy atom. The highest BCUT2D eigenvalue weighted by Crippen LogP contribution is 2.64. The van der Waals surface area contributed by atoms with Crippen molar-refractivity contribution in [3.05, 3.63) is 41.7 Å². The second-order valence-electron chi connectivity index (χ2n) is 9.79. The number of rotatable bonds is 0. The van der Waals surface area contributed by atoms with E-state index in [1.54, 1.807) is 6.20 Å². The van der Waals surface area contributed by atoms with Gasteiger partial charge in [0, 0.05) is 11.6 Å². The standard InChI is InChI=1S/C25H31NO2/c1-24-12-10-21-20-8-6-19(27)16-17(20)5-7-22(21)23(24)11-14-25(24,28)13-9-18-4-2-3-15-26-18/h2-4,15-16,19-23,27-28H,5-8,10-12,14H2,1H3/t19?,20-,21-,22+,23+,24-,25-/m0/s1. The predicted octanol–water partition coefficient (Wildman–Crippen LogP) is 4.10. The van der Waals surface area contributed by atoms with Crippen LogP contribution in [-0.4, -0.2) is 26.9 Å². The average Bonchev–Trinajstić information content (AvgIpc) is 2.98. The van der Waals surface area contributed by atoms with Crippen molar-refractivity contribution in [1.29, 1.82) is 0 Å². The Morgan fingerprint density at radius 3 is 2.79 bits per heavy atom. The van der Waals surface area contributed by atoms with Crippen LogP contribution in [0.1, 0.15) is 64.0 Å². The molecule has 1 aromatic heterocycles. The first-order valence-corrected chi connectivity index (χ1v) is 11.1. The molecule has 3 fully saturated rings. The smallest absolute Gasteiger partial charge is 0.131 e. The van der Waals surface area contributed by atoms with Gasteiger partial charge in [0.25, 0.3) is 0 Å². The van der Waals surface area contributed by atoms with Crippen LogP contribution in [0.15, 0.2) is 36.0 Å². The second kappa shape index (κ2) is 6.71. The molecule has 3 heteroatoms. The summed E-state index contributed by atoms with van der Waals surface area (Å²) >= 11 is 0. The van der Waals surface area contributed by atoms with Crippen molar-refractivity contribution >= 4 is 0 Å². The molecule has 4 aliphatic rings. The van der Waals surface area contributed by atoms with Gasteiger partial charge in [-0.2, -0.15) is 0 Å². The van der Waals surface area contributed by atoms with Crippen molar-refractivity contribution in [2.24, 2.45) is 29.1 Å². The summed E-state index contributed by atoms with van der Waals surface area (Å²) in [6.45, 7) is 2.30. The molecule has 148 valence electrons. The first-order valence-electron chi connectivity index (χ1n) is 11.1. The summed E-state index contributed by atoms with van der Waals surface area (Å²) in [7, 11) is 0. The zero-order chi connectivity index (χ0) is 19.4. The molecule has 0 bridgehead atoms. The quantitative estimate of drug-likeness (QED) is 0.529. The number of allylic oxidation sites excluding steroid dienone is 1. The molecule has 0 aliphatic heterocycles. The third kappa shape index (κ3) is 2.77. The largest absolute Gasteiger partial charge is 0.389 e. The van der Waals surface area contributed by atoms with Crippen molar-refractivity contribution in [1.82, 2.24) is 4.98 Å². The summed E-state index contributed by atoms with van der Waals surface area (Å²) in [6.07, 6.45) is 12.2. The topological polar surface area (TPSA) is 53.4 Å². The minimum Gasteiger partial charge on any atom is -0.389 e. The van der Waals surface area contributed by atoms with Crippen LogP contribution in [0.3, 0.4) is 0 Å². The summed E-state index contributed by atoms with van der Waals surface area (Å²) in [5, 5.41) is 21.6. The molecule has 1 heterocycles. The van der Waals surface area contributed by atoms with E-state index in [9.17, 15) is 10.2 Å². The molecule has 7 atom stereocenters. The van der Waals surface area contributed by atoms with Gasteiger partial charge in [0.2, 0.25) is 0 Å². The molecule has 3 nitrogen and oxygen atoms in total. The second-order valence-corrected chi connectivity index (χ2v) is 9.79. The van der Waals surface area contributed by atoms with Gasteiger partial charge in [0.15, 0.2) is 0 Å². The van der Waals surface area contributed by atoms with Crippen LogP contribution in [0, 0.1) is 40.9 Å². The Morgan fingerprint density at radius 2 is 1.96 bits per heavy atom. The lowest BCUT2D eigenvalue weighted by Gasteiger charge is -2.55. The number of hydrogen-bond donors (Lipinski definition) is 2. The highest BCUT2D eigenvalue weighted by Gasteiger charge is 2.62. The van der Waals surface area contributed by atoms with E-state index in [1.807, 2.05) is 18.2 Å². The molecule has 28 heavy (non-hydrogen) atoms. The monoisotopic (exact) mass is 377 g/mol. The first-order chi connectivity index (χ1) is 13.5. The fourth-order valence-electron chi connectivity index (χ4n) is 7.14. The molecular formula is C25H31NO2. The van der Waals surface area contributed by atoms with Crippen LogP contribution in [0.2, 0.25) is 0 Å². The Hall–Kier alpha value is -1.63. The van der Waals surface area contributed by atoms with Gasteiger partial charge in [0.1, 0.15) is 11.3 Å². The number of aliphatic hydroxyl groups is 2. The fourth-order valence-corrected chi connectivity index (χ4v) is 7.14. The van der Waals surface area contributed by atoms with Gasteiger partial charge in [-0.05, 0) is 93.1 Å². The molecule has 0 aromatic carbocycles. The van der Waals surface area contributed by atoms with E-state index in [4.69, 9.17) is 0 Å². The molecule has 1 aromatic rings. The van der Waals surface area contributed by atoms with Gasteiger partial charge in [-0.3, -0.25) is 0 Å². The Balaban J connectivity index is 1.41. The van der Waals surface area contributed by atoms with Crippen molar-refractivity contribution in [3.63, 3.8) is 0 Å². The van der Waals surface area contributed by atoms with E-state index in [-0.39, 0.29) is 11.5 Å². The fraction of sp³-hybridized carbons (Fsp3) is 0.640. The van der Waals surface area contributed by atoms with E-state index >= 15 is 0 Å². The van der Waals surface area contributed by atoms with Crippen LogP contribution in [0.25, 0.3) is 0 Å². The van der Waals surface area contributed by atoms with Crippen molar-refractivity contribution in [2.75, 3.05) is 0 Å². The molecule has 0 spiro atoms. The van der Waals surface area contributed by atoms with Gasteiger partial charge in [-0.15, -0.1) is 0 Å². The molecule has 3 saturated carbocycles. The number of aromatic nitrogens is 1. The lowest BCUT2D eigenvalue weighted by molar-refractivity contribution is -0.0865. The van der Waals surface area contributed by atoms with Crippen molar-refractivity contribution in [2.45, 2.75) is 70.0 Å². The van der Waals surface area contributed by atoms with Crippen LogP contribution in [0.4, 0.5) is 0 Å². The Kier molecular flexibility index (Phi) is 4.41. The molecule has 0 radical (unpaired) electrons. The summed E-state index contributed by atoms with van der Waals surface area (Å²) < 4.78 is 0. The highest BCUT2D eigenvalue weighted by molar-refractivity contribution is 5.34. The van der Waals surface area contributed by atoms with Gasteiger partial charge in [-0.25, -0.2) is 4.98 Å². The molecule has 2 N–H and O–H groups in total. The third-order valence-corrected chi connectivity index (χ3v) is 8.65. The maximum Gasteiger partial charge on any atom is 0.131 e. The minimum absolute atomic E-state index is 0.120. The third-order valence-electron chi connectivity index (χ3n) is 8.65. The van der Waals surface area contributed by atoms with Crippen molar-refractivity contribution in [3.8, 4) is 11.8 Å². The molecular weight excluding hydrogens is 346 g/mol. The van der Waals surface area contributed by atoms with E-state index in [2.05, 4.69) is 29.8 Å².